The number of thiophene rings is 1. The number of nitrogens with one attached hydrogen (secondary N) is 1. The van der Waals surface area contributed by atoms with E-state index in [9.17, 15) is 22.8 Å². The molecule has 5 nitrogen and oxygen atoms in total. The van der Waals surface area contributed by atoms with E-state index in [0.717, 1.165) is 4.88 Å². The molecular formula is C18H18F3N3O2S. The highest BCUT2D eigenvalue weighted by atomic mass is 32.1. The number of amides is 2. The Morgan fingerprint density at radius 2 is 2.04 bits per heavy atom. The van der Waals surface area contributed by atoms with Crippen molar-refractivity contribution in [2.45, 2.75) is 25.2 Å². The predicted octanol–water partition coefficient (Wildman–Crippen LogP) is 3.49. The molecule has 3 rings (SSSR count). The molecule has 0 saturated carbocycles. The van der Waals surface area contributed by atoms with Crippen LogP contribution in [0, 0.1) is 0 Å². The molecule has 1 aliphatic rings. The molecule has 2 amide bonds. The number of fused-ring (bicyclic) bond motifs is 1. The van der Waals surface area contributed by atoms with Crippen molar-refractivity contribution in [3.63, 3.8) is 0 Å². The highest BCUT2D eigenvalue weighted by molar-refractivity contribution is 7.09. The number of benzene rings is 1. The second-order valence-electron chi connectivity index (χ2n) is 6.34. The highest BCUT2D eigenvalue weighted by Crippen LogP contribution is 2.37. The van der Waals surface area contributed by atoms with Crippen molar-refractivity contribution in [2.24, 2.45) is 0 Å². The first-order valence-corrected chi connectivity index (χ1v) is 9.12. The molecule has 1 atom stereocenters. The predicted molar refractivity (Wildman–Crippen MR) is 97.7 cm³/mol. The largest absolute Gasteiger partial charge is 0.409 e. The standard InChI is InChI=1S/C18H18F3N3O2S/c1-23(10-12-5-4-8-27-12)11-17(26)24-14-7-3-2-6-13(14)22-16(25)9-15(24)18(19,20)21/h2-8,15H,9-11H2,1H3,(H,22,25)/t15-/m0/s1. The van der Waals surface area contributed by atoms with E-state index in [-0.39, 0.29) is 17.9 Å². The highest BCUT2D eigenvalue weighted by Gasteiger charge is 2.49. The average molecular weight is 397 g/mol. The van der Waals surface area contributed by atoms with Crippen LogP contribution >= 0.6 is 11.3 Å². The van der Waals surface area contributed by atoms with Gasteiger partial charge in [-0.05, 0) is 30.6 Å². The average Bonchev–Trinajstić information content (AvgIpc) is 3.01. The number of anilines is 2. The fourth-order valence-corrected chi connectivity index (χ4v) is 3.81. The first-order chi connectivity index (χ1) is 12.8. The second kappa shape index (κ2) is 7.69. The van der Waals surface area contributed by atoms with Gasteiger partial charge in [-0.1, -0.05) is 18.2 Å². The maximum atomic E-state index is 13.7. The van der Waals surface area contributed by atoms with Gasteiger partial charge in [0.05, 0.1) is 24.3 Å². The van der Waals surface area contributed by atoms with E-state index in [1.165, 1.54) is 23.5 Å². The Morgan fingerprint density at radius 1 is 1.30 bits per heavy atom. The van der Waals surface area contributed by atoms with Gasteiger partial charge in [0, 0.05) is 11.4 Å². The zero-order valence-corrected chi connectivity index (χ0v) is 15.3. The number of hydrogen-bond donors (Lipinski definition) is 1. The number of likely N-dealkylation sites (N-methyl/N-ethyl adjacent to an activating group) is 1. The van der Waals surface area contributed by atoms with Crippen molar-refractivity contribution in [2.75, 3.05) is 23.8 Å². The van der Waals surface area contributed by atoms with Crippen molar-refractivity contribution in [1.82, 2.24) is 4.90 Å². The summed E-state index contributed by atoms with van der Waals surface area (Å²) in [6.45, 7) is 0.250. The van der Waals surface area contributed by atoms with Gasteiger partial charge >= 0.3 is 6.18 Å². The molecule has 0 aliphatic carbocycles. The number of rotatable bonds is 4. The topological polar surface area (TPSA) is 52.7 Å². The molecule has 0 bridgehead atoms. The molecule has 1 N–H and O–H groups in total. The molecule has 1 aromatic carbocycles. The zero-order chi connectivity index (χ0) is 19.6. The summed E-state index contributed by atoms with van der Waals surface area (Å²) < 4.78 is 41.0. The maximum absolute atomic E-state index is 13.7. The van der Waals surface area contributed by atoms with Crippen LogP contribution in [0.1, 0.15) is 11.3 Å². The third-order valence-electron chi connectivity index (χ3n) is 4.19. The van der Waals surface area contributed by atoms with Crippen molar-refractivity contribution >= 4 is 34.5 Å². The monoisotopic (exact) mass is 397 g/mol. The van der Waals surface area contributed by atoms with Gasteiger partial charge in [0.25, 0.3) is 0 Å². The van der Waals surface area contributed by atoms with Gasteiger partial charge in [-0.15, -0.1) is 11.3 Å². The minimum atomic E-state index is -4.73. The van der Waals surface area contributed by atoms with Crippen LogP contribution in [0.25, 0.3) is 0 Å². The summed E-state index contributed by atoms with van der Waals surface area (Å²) in [5.74, 6) is -1.48. The van der Waals surface area contributed by atoms with Gasteiger partial charge in [-0.25, -0.2) is 0 Å². The van der Waals surface area contributed by atoms with Gasteiger partial charge in [-0.3, -0.25) is 19.4 Å². The van der Waals surface area contributed by atoms with Crippen LogP contribution < -0.4 is 10.2 Å². The van der Waals surface area contributed by atoms with Crippen molar-refractivity contribution in [3.8, 4) is 0 Å². The number of para-hydroxylation sites is 2. The van der Waals surface area contributed by atoms with Gasteiger partial charge in [0.15, 0.2) is 0 Å². The summed E-state index contributed by atoms with van der Waals surface area (Å²) in [6.07, 6.45) is -5.56. The quantitative estimate of drug-likeness (QED) is 0.859. The molecule has 0 saturated heterocycles. The summed E-state index contributed by atoms with van der Waals surface area (Å²) in [5.41, 5.74) is 0.253. The number of halogens is 3. The number of hydrogen-bond acceptors (Lipinski definition) is 4. The van der Waals surface area contributed by atoms with Crippen LogP contribution in [0.2, 0.25) is 0 Å². The van der Waals surface area contributed by atoms with E-state index in [4.69, 9.17) is 0 Å². The lowest BCUT2D eigenvalue weighted by Gasteiger charge is -2.32. The Bertz CT molecular complexity index is 824. The Morgan fingerprint density at radius 3 is 2.70 bits per heavy atom. The fraction of sp³-hybridized carbons (Fsp3) is 0.333. The molecule has 0 fully saturated rings. The van der Waals surface area contributed by atoms with Crippen LogP contribution in [0.15, 0.2) is 41.8 Å². The Hall–Kier alpha value is -2.39. The lowest BCUT2D eigenvalue weighted by atomic mass is 10.1. The minimum absolute atomic E-state index is 0.0557. The lowest BCUT2D eigenvalue weighted by Crippen LogP contribution is -2.52. The molecule has 144 valence electrons. The van der Waals surface area contributed by atoms with Crippen molar-refractivity contribution in [3.05, 3.63) is 46.7 Å². The van der Waals surface area contributed by atoms with Crippen molar-refractivity contribution in [1.29, 1.82) is 0 Å². The number of carbonyl (C=O) groups excluding carboxylic acids is 2. The Balaban J connectivity index is 1.90. The molecule has 0 radical (unpaired) electrons. The molecule has 0 spiro atoms. The summed E-state index contributed by atoms with van der Waals surface area (Å²) >= 11 is 1.51. The maximum Gasteiger partial charge on any atom is 0.409 e. The molecule has 2 heterocycles. The van der Waals surface area contributed by atoms with Crippen LogP contribution in [0.3, 0.4) is 0 Å². The molecule has 1 aromatic heterocycles. The van der Waals surface area contributed by atoms with Crippen LogP contribution in [0.4, 0.5) is 24.5 Å². The van der Waals surface area contributed by atoms with Crippen molar-refractivity contribution < 1.29 is 22.8 Å². The van der Waals surface area contributed by atoms with Gasteiger partial charge < -0.3 is 5.32 Å². The number of carbonyl (C=O) groups is 2. The lowest BCUT2D eigenvalue weighted by molar-refractivity contribution is -0.158. The fourth-order valence-electron chi connectivity index (χ4n) is 3.03. The smallest absolute Gasteiger partial charge is 0.324 e. The third-order valence-corrected chi connectivity index (χ3v) is 5.05. The second-order valence-corrected chi connectivity index (χ2v) is 7.37. The van der Waals surface area contributed by atoms with Gasteiger partial charge in [-0.2, -0.15) is 13.2 Å². The normalized spacial score (nSPS) is 17.4. The van der Waals surface area contributed by atoms with E-state index in [0.29, 0.717) is 11.4 Å². The van der Waals surface area contributed by atoms with Crippen LogP contribution in [-0.2, 0) is 16.1 Å². The molecular weight excluding hydrogens is 379 g/mol. The SMILES string of the molecule is CN(CC(=O)N1c2ccccc2NC(=O)C[C@H]1C(F)(F)F)Cc1cccs1. The molecule has 0 unspecified atom stereocenters. The van der Waals surface area contributed by atoms with Gasteiger partial charge in [0.1, 0.15) is 6.04 Å². The minimum Gasteiger partial charge on any atom is -0.324 e. The summed E-state index contributed by atoms with van der Waals surface area (Å²) in [5, 5.41) is 4.35. The Labute approximate surface area is 158 Å². The van der Waals surface area contributed by atoms with E-state index in [1.54, 1.807) is 24.1 Å². The summed E-state index contributed by atoms with van der Waals surface area (Å²) in [6, 6.07) is 7.60. The number of nitrogens with zero attached hydrogens (tertiary/aromatic N) is 2. The Kier molecular flexibility index (Phi) is 5.52. The molecule has 1 aliphatic heterocycles. The first kappa shape index (κ1) is 19.4. The van der Waals surface area contributed by atoms with E-state index in [2.05, 4.69) is 5.32 Å². The molecule has 27 heavy (non-hydrogen) atoms. The summed E-state index contributed by atoms with van der Waals surface area (Å²) in [4.78, 5) is 28.2. The van der Waals surface area contributed by atoms with Gasteiger partial charge in [0.2, 0.25) is 11.8 Å². The first-order valence-electron chi connectivity index (χ1n) is 8.24. The van der Waals surface area contributed by atoms with E-state index in [1.807, 2.05) is 17.5 Å². The zero-order valence-electron chi connectivity index (χ0n) is 14.5. The van der Waals surface area contributed by atoms with E-state index < -0.39 is 30.5 Å². The molecule has 2 aromatic rings. The summed E-state index contributed by atoms with van der Waals surface area (Å²) in [7, 11) is 1.67. The molecule has 9 heteroatoms. The van der Waals surface area contributed by atoms with E-state index >= 15 is 0 Å². The van der Waals surface area contributed by atoms with Crippen LogP contribution in [-0.4, -0.2) is 42.5 Å². The number of alkyl halides is 3. The third kappa shape index (κ3) is 4.48. The van der Waals surface area contributed by atoms with Crippen LogP contribution in [0.5, 0.6) is 0 Å².